The summed E-state index contributed by atoms with van der Waals surface area (Å²) in [5, 5.41) is 2.86. The van der Waals surface area contributed by atoms with Crippen LogP contribution in [-0.2, 0) is 22.3 Å². The molecule has 2 rings (SSSR count). The summed E-state index contributed by atoms with van der Waals surface area (Å²) in [5.74, 6) is 1.11. The van der Waals surface area contributed by atoms with E-state index in [2.05, 4.69) is 10.0 Å². The Kier molecular flexibility index (Phi) is 5.46. The lowest BCUT2D eigenvalue weighted by Gasteiger charge is -2.07. The first kappa shape index (κ1) is 18.2. The lowest BCUT2D eigenvalue weighted by atomic mass is 10.1. The van der Waals surface area contributed by atoms with Crippen molar-refractivity contribution in [2.24, 2.45) is 0 Å². The van der Waals surface area contributed by atoms with E-state index in [1.54, 1.807) is 31.2 Å². The van der Waals surface area contributed by atoms with Gasteiger partial charge in [-0.1, -0.05) is 24.3 Å². The van der Waals surface area contributed by atoms with Gasteiger partial charge in [0, 0.05) is 12.1 Å². The molecule has 0 fully saturated rings. The maximum Gasteiger partial charge on any atom is 0.255 e. The van der Waals surface area contributed by atoms with Crippen molar-refractivity contribution in [2.45, 2.75) is 33.1 Å². The molecular formula is C17H22N2O4S. The highest BCUT2D eigenvalue weighted by atomic mass is 32.2. The Morgan fingerprint density at radius 2 is 1.62 bits per heavy atom. The number of amides is 1. The van der Waals surface area contributed by atoms with Crippen molar-refractivity contribution in [1.82, 2.24) is 10.0 Å². The van der Waals surface area contributed by atoms with Gasteiger partial charge < -0.3 is 9.73 Å². The molecule has 0 saturated carbocycles. The van der Waals surface area contributed by atoms with Gasteiger partial charge in [-0.05, 0) is 38.9 Å². The molecule has 130 valence electrons. The molecule has 0 saturated heterocycles. The number of furan rings is 1. The van der Waals surface area contributed by atoms with E-state index < -0.39 is 10.0 Å². The Balaban J connectivity index is 2.01. The quantitative estimate of drug-likeness (QED) is 0.836. The molecule has 2 aromatic rings. The van der Waals surface area contributed by atoms with Gasteiger partial charge in [0.2, 0.25) is 10.0 Å². The van der Waals surface area contributed by atoms with Crippen LogP contribution >= 0.6 is 0 Å². The highest BCUT2D eigenvalue weighted by molar-refractivity contribution is 7.88. The fourth-order valence-corrected chi connectivity index (χ4v) is 3.22. The van der Waals surface area contributed by atoms with Gasteiger partial charge in [-0.3, -0.25) is 4.79 Å². The third-order valence-corrected chi connectivity index (χ3v) is 5.27. The molecule has 0 aliphatic carbocycles. The van der Waals surface area contributed by atoms with E-state index in [-0.39, 0.29) is 11.7 Å². The van der Waals surface area contributed by atoms with Crippen LogP contribution in [0.4, 0.5) is 0 Å². The summed E-state index contributed by atoms with van der Waals surface area (Å²) in [4.78, 5) is 12.3. The third kappa shape index (κ3) is 4.24. The Morgan fingerprint density at radius 3 is 2.12 bits per heavy atom. The highest BCUT2D eigenvalue weighted by Crippen LogP contribution is 2.20. The molecule has 1 aromatic carbocycles. The number of hydrogen-bond acceptors (Lipinski definition) is 4. The van der Waals surface area contributed by atoms with Crippen molar-refractivity contribution < 1.29 is 17.6 Å². The van der Waals surface area contributed by atoms with Gasteiger partial charge in [-0.15, -0.1) is 0 Å². The molecule has 0 aliphatic heterocycles. The van der Waals surface area contributed by atoms with Gasteiger partial charge in [0.25, 0.3) is 5.91 Å². The number of nitrogens with one attached hydrogen (secondary N) is 2. The molecule has 1 heterocycles. The molecule has 0 aliphatic rings. The number of benzene rings is 1. The summed E-state index contributed by atoms with van der Waals surface area (Å²) in [5.41, 5.74) is 3.00. The number of aryl methyl sites for hydroxylation is 2. The number of rotatable bonds is 6. The number of carbonyl (C=O) groups is 1. The molecular weight excluding hydrogens is 328 g/mol. The lowest BCUT2D eigenvalue weighted by Crippen LogP contribution is -2.24. The van der Waals surface area contributed by atoms with E-state index in [0.717, 1.165) is 16.9 Å². The average Bonchev–Trinajstić information content (AvgIpc) is 2.79. The van der Waals surface area contributed by atoms with Gasteiger partial charge in [0.05, 0.1) is 11.3 Å². The van der Waals surface area contributed by atoms with Crippen LogP contribution in [0.25, 0.3) is 0 Å². The zero-order chi connectivity index (χ0) is 17.9. The number of hydrogen-bond donors (Lipinski definition) is 2. The number of carbonyl (C=O) groups excluding carboxylic acids is 1. The summed E-state index contributed by atoms with van der Waals surface area (Å²) in [6, 6.07) is 7.10. The van der Waals surface area contributed by atoms with E-state index in [9.17, 15) is 13.2 Å². The summed E-state index contributed by atoms with van der Waals surface area (Å²) < 4.78 is 30.8. The first-order valence-corrected chi connectivity index (χ1v) is 9.22. The normalized spacial score (nSPS) is 11.5. The van der Waals surface area contributed by atoms with Gasteiger partial charge in [0.1, 0.15) is 11.5 Å². The second kappa shape index (κ2) is 7.19. The monoisotopic (exact) mass is 350 g/mol. The number of sulfonamides is 1. The first-order valence-electron chi connectivity index (χ1n) is 7.57. The van der Waals surface area contributed by atoms with Crippen LogP contribution in [0.5, 0.6) is 0 Å². The van der Waals surface area contributed by atoms with Crippen LogP contribution < -0.4 is 10.0 Å². The molecule has 0 atom stereocenters. The Labute approximate surface area is 142 Å². The third-order valence-electron chi connectivity index (χ3n) is 3.93. The molecule has 24 heavy (non-hydrogen) atoms. The van der Waals surface area contributed by atoms with Crippen LogP contribution in [0.3, 0.4) is 0 Å². The maximum atomic E-state index is 12.3. The lowest BCUT2D eigenvalue weighted by molar-refractivity contribution is 0.0949. The zero-order valence-corrected chi connectivity index (χ0v) is 15.1. The van der Waals surface area contributed by atoms with E-state index in [1.807, 2.05) is 13.8 Å². The minimum absolute atomic E-state index is 0.0666. The summed E-state index contributed by atoms with van der Waals surface area (Å²) in [7, 11) is -1.89. The minimum Gasteiger partial charge on any atom is -0.466 e. The highest BCUT2D eigenvalue weighted by Gasteiger charge is 2.18. The van der Waals surface area contributed by atoms with Gasteiger partial charge >= 0.3 is 0 Å². The smallest absolute Gasteiger partial charge is 0.255 e. The van der Waals surface area contributed by atoms with E-state index in [0.29, 0.717) is 23.4 Å². The van der Waals surface area contributed by atoms with Crippen LogP contribution in [0.15, 0.2) is 28.7 Å². The SMILES string of the molecule is CNS(=O)(=O)Cc1ccc(CNC(=O)c2c(C)oc(C)c2C)cc1. The summed E-state index contributed by atoms with van der Waals surface area (Å²) in [6.45, 7) is 5.82. The van der Waals surface area contributed by atoms with E-state index >= 15 is 0 Å². The predicted molar refractivity (Wildman–Crippen MR) is 92.2 cm³/mol. The fraction of sp³-hybridized carbons (Fsp3) is 0.353. The van der Waals surface area contributed by atoms with Gasteiger partial charge in [-0.25, -0.2) is 13.1 Å². The molecule has 2 N–H and O–H groups in total. The average molecular weight is 350 g/mol. The molecule has 0 radical (unpaired) electrons. The maximum absolute atomic E-state index is 12.3. The van der Waals surface area contributed by atoms with Crippen molar-refractivity contribution in [3.05, 3.63) is 58.0 Å². The van der Waals surface area contributed by atoms with Crippen molar-refractivity contribution in [1.29, 1.82) is 0 Å². The Bertz CT molecular complexity index is 836. The van der Waals surface area contributed by atoms with Crippen LogP contribution in [0.2, 0.25) is 0 Å². The van der Waals surface area contributed by atoms with Crippen molar-refractivity contribution in [2.75, 3.05) is 7.05 Å². The van der Waals surface area contributed by atoms with Crippen molar-refractivity contribution in [3.63, 3.8) is 0 Å². The van der Waals surface area contributed by atoms with Gasteiger partial charge in [-0.2, -0.15) is 0 Å². The molecule has 0 bridgehead atoms. The van der Waals surface area contributed by atoms with Crippen LogP contribution in [-0.4, -0.2) is 21.4 Å². The Hall–Kier alpha value is -2.12. The summed E-state index contributed by atoms with van der Waals surface area (Å²) in [6.07, 6.45) is 0. The Morgan fingerprint density at radius 1 is 1.04 bits per heavy atom. The van der Waals surface area contributed by atoms with Crippen LogP contribution in [0.1, 0.15) is 38.6 Å². The van der Waals surface area contributed by atoms with Crippen molar-refractivity contribution >= 4 is 15.9 Å². The van der Waals surface area contributed by atoms with Crippen molar-refractivity contribution in [3.8, 4) is 0 Å². The molecule has 1 aromatic heterocycles. The largest absolute Gasteiger partial charge is 0.466 e. The standard InChI is InChI=1S/C17H22N2O4S/c1-11-12(2)23-13(3)16(11)17(20)19-9-14-5-7-15(8-6-14)10-24(21,22)18-4/h5-8,18H,9-10H2,1-4H3,(H,19,20). The molecule has 6 nitrogen and oxygen atoms in total. The molecule has 1 amide bonds. The molecule has 7 heteroatoms. The van der Waals surface area contributed by atoms with Crippen LogP contribution in [0, 0.1) is 20.8 Å². The topological polar surface area (TPSA) is 88.4 Å². The molecule has 0 spiro atoms. The molecule has 0 unspecified atom stereocenters. The van der Waals surface area contributed by atoms with Gasteiger partial charge in [0.15, 0.2) is 0 Å². The first-order chi connectivity index (χ1) is 11.2. The minimum atomic E-state index is -3.28. The van der Waals surface area contributed by atoms with E-state index in [4.69, 9.17) is 4.42 Å². The zero-order valence-electron chi connectivity index (χ0n) is 14.3. The van der Waals surface area contributed by atoms with E-state index in [1.165, 1.54) is 7.05 Å². The second-order valence-corrected chi connectivity index (χ2v) is 7.60. The second-order valence-electron chi connectivity index (χ2n) is 5.68. The summed E-state index contributed by atoms with van der Waals surface area (Å²) >= 11 is 0. The fourth-order valence-electron chi connectivity index (χ4n) is 2.44. The predicted octanol–water partition coefficient (Wildman–Crippen LogP) is 2.18.